The molecule has 2 aromatic heterocycles. The zero-order chi connectivity index (χ0) is 18.7. The number of rotatable bonds is 6. The Morgan fingerprint density at radius 1 is 1.31 bits per heavy atom. The van der Waals surface area contributed by atoms with E-state index >= 15 is 0 Å². The third-order valence-electron chi connectivity index (χ3n) is 3.86. The molecule has 0 aliphatic carbocycles. The highest BCUT2D eigenvalue weighted by Gasteiger charge is 2.17. The van der Waals surface area contributed by atoms with Gasteiger partial charge in [0, 0.05) is 19.0 Å². The molecule has 0 aliphatic rings. The van der Waals surface area contributed by atoms with Gasteiger partial charge in [-0.1, -0.05) is 12.1 Å². The molecule has 0 saturated carbocycles. The molecule has 7 nitrogen and oxygen atoms in total. The lowest BCUT2D eigenvalue weighted by Crippen LogP contribution is -2.28. The van der Waals surface area contributed by atoms with Gasteiger partial charge in [-0.05, 0) is 30.7 Å². The molecule has 0 radical (unpaired) electrons. The third kappa shape index (κ3) is 3.85. The zero-order valence-electron chi connectivity index (χ0n) is 14.7. The number of carbonyl (C=O) groups is 2. The lowest BCUT2D eigenvalue weighted by molar-refractivity contribution is -0.124. The van der Waals surface area contributed by atoms with E-state index in [2.05, 4.69) is 10.4 Å². The molecule has 0 spiro atoms. The molecule has 1 amide bonds. The van der Waals surface area contributed by atoms with Crippen LogP contribution in [0.25, 0.3) is 10.2 Å². The number of thiophene rings is 1. The standard InChI is InChI=1S/C18H19N3O4S/c1-11-14-8-15(26-17(14)21(2)20-11)18(23)25-10-16(22)19-9-12-5-4-6-13(7-12)24-3/h4-8H,9-10H2,1-3H3,(H,19,22). The SMILES string of the molecule is COc1cccc(CNC(=O)COC(=O)c2cc3c(C)nn(C)c3s2)c1. The quantitative estimate of drug-likeness (QED) is 0.671. The number of ether oxygens (including phenoxy) is 2. The molecule has 1 N–H and O–H groups in total. The summed E-state index contributed by atoms with van der Waals surface area (Å²) in [5.41, 5.74) is 1.75. The maximum absolute atomic E-state index is 12.2. The summed E-state index contributed by atoms with van der Waals surface area (Å²) in [6.07, 6.45) is 0. The van der Waals surface area contributed by atoms with Crippen molar-refractivity contribution in [2.45, 2.75) is 13.5 Å². The molecule has 3 rings (SSSR count). The van der Waals surface area contributed by atoms with Crippen molar-refractivity contribution in [3.63, 3.8) is 0 Å². The van der Waals surface area contributed by atoms with E-state index in [1.807, 2.05) is 38.2 Å². The number of methoxy groups -OCH3 is 1. The van der Waals surface area contributed by atoms with Gasteiger partial charge in [0.2, 0.25) is 0 Å². The third-order valence-corrected chi connectivity index (χ3v) is 5.04. The second-order valence-electron chi connectivity index (χ2n) is 5.74. The molecule has 8 heteroatoms. The fourth-order valence-electron chi connectivity index (χ4n) is 2.54. The zero-order valence-corrected chi connectivity index (χ0v) is 15.6. The molecule has 3 aromatic rings. The summed E-state index contributed by atoms with van der Waals surface area (Å²) in [5, 5.41) is 7.93. The predicted octanol–water partition coefficient (Wildman–Crippen LogP) is 2.43. The van der Waals surface area contributed by atoms with Crippen molar-refractivity contribution in [3.8, 4) is 5.75 Å². The Bertz CT molecular complexity index is 926. The van der Waals surface area contributed by atoms with E-state index in [1.165, 1.54) is 11.3 Å². The molecule has 0 fully saturated rings. The van der Waals surface area contributed by atoms with E-state index in [4.69, 9.17) is 9.47 Å². The molecular weight excluding hydrogens is 354 g/mol. The summed E-state index contributed by atoms with van der Waals surface area (Å²) in [4.78, 5) is 25.4. The van der Waals surface area contributed by atoms with Crippen LogP contribution in [0.1, 0.15) is 20.9 Å². The Labute approximate surface area is 154 Å². The first kappa shape index (κ1) is 17.9. The number of carbonyl (C=O) groups excluding carboxylic acids is 2. The second-order valence-corrected chi connectivity index (χ2v) is 6.77. The highest BCUT2D eigenvalue weighted by Crippen LogP contribution is 2.28. The molecule has 26 heavy (non-hydrogen) atoms. The van der Waals surface area contributed by atoms with Crippen LogP contribution in [0.15, 0.2) is 30.3 Å². The van der Waals surface area contributed by atoms with E-state index in [0.717, 1.165) is 27.2 Å². The Hall–Kier alpha value is -2.87. The molecule has 0 saturated heterocycles. The lowest BCUT2D eigenvalue weighted by atomic mass is 10.2. The van der Waals surface area contributed by atoms with E-state index < -0.39 is 5.97 Å². The van der Waals surface area contributed by atoms with Gasteiger partial charge in [-0.2, -0.15) is 5.10 Å². The van der Waals surface area contributed by atoms with Crippen LogP contribution in [0, 0.1) is 6.92 Å². The molecule has 0 atom stereocenters. The summed E-state index contributed by atoms with van der Waals surface area (Å²) in [6, 6.07) is 9.13. The summed E-state index contributed by atoms with van der Waals surface area (Å²) < 4.78 is 12.0. The van der Waals surface area contributed by atoms with Crippen LogP contribution < -0.4 is 10.1 Å². The first-order valence-electron chi connectivity index (χ1n) is 7.98. The minimum absolute atomic E-state index is 0.325. The highest BCUT2D eigenvalue weighted by atomic mass is 32.1. The first-order chi connectivity index (χ1) is 12.5. The van der Waals surface area contributed by atoms with Gasteiger partial charge in [0.25, 0.3) is 5.91 Å². The number of nitrogens with one attached hydrogen (secondary N) is 1. The Kier molecular flexibility index (Phi) is 5.22. The number of aromatic nitrogens is 2. The summed E-state index contributed by atoms with van der Waals surface area (Å²) in [6.45, 7) is 1.89. The number of nitrogens with zero attached hydrogens (tertiary/aromatic N) is 2. The number of fused-ring (bicyclic) bond motifs is 1. The van der Waals surface area contributed by atoms with Crippen molar-refractivity contribution >= 4 is 33.4 Å². The van der Waals surface area contributed by atoms with Crippen molar-refractivity contribution in [3.05, 3.63) is 46.5 Å². The summed E-state index contributed by atoms with van der Waals surface area (Å²) in [5.74, 6) is -0.153. The molecule has 1 aromatic carbocycles. The van der Waals surface area contributed by atoms with Crippen LogP contribution in [0.4, 0.5) is 0 Å². The molecule has 136 valence electrons. The number of amides is 1. The predicted molar refractivity (Wildman–Crippen MR) is 98.5 cm³/mol. The monoisotopic (exact) mass is 373 g/mol. The van der Waals surface area contributed by atoms with E-state index in [-0.39, 0.29) is 12.5 Å². The van der Waals surface area contributed by atoms with Crippen LogP contribution >= 0.6 is 11.3 Å². The van der Waals surface area contributed by atoms with E-state index in [0.29, 0.717) is 11.4 Å². The molecule has 0 aliphatic heterocycles. The first-order valence-corrected chi connectivity index (χ1v) is 8.79. The Morgan fingerprint density at radius 3 is 2.85 bits per heavy atom. The number of benzene rings is 1. The number of hydrogen-bond acceptors (Lipinski definition) is 6. The molecule has 0 unspecified atom stereocenters. The number of aryl methyl sites for hydroxylation is 2. The van der Waals surface area contributed by atoms with Gasteiger partial charge in [-0.25, -0.2) is 4.79 Å². The van der Waals surface area contributed by atoms with Gasteiger partial charge in [0.15, 0.2) is 6.61 Å². The van der Waals surface area contributed by atoms with E-state index in [1.54, 1.807) is 17.9 Å². The fraction of sp³-hybridized carbons (Fsp3) is 0.278. The minimum atomic E-state index is -0.512. The maximum atomic E-state index is 12.2. The van der Waals surface area contributed by atoms with Crippen molar-refractivity contribution < 1.29 is 19.1 Å². The minimum Gasteiger partial charge on any atom is -0.497 e. The van der Waals surface area contributed by atoms with Crippen molar-refractivity contribution in [2.75, 3.05) is 13.7 Å². The van der Waals surface area contributed by atoms with Crippen LogP contribution in [0.2, 0.25) is 0 Å². The summed E-state index contributed by atoms with van der Waals surface area (Å²) in [7, 11) is 3.41. The van der Waals surface area contributed by atoms with Gasteiger partial charge in [0.1, 0.15) is 15.5 Å². The van der Waals surface area contributed by atoms with Crippen molar-refractivity contribution in [1.82, 2.24) is 15.1 Å². The van der Waals surface area contributed by atoms with Crippen LogP contribution in [-0.2, 0) is 23.1 Å². The topological polar surface area (TPSA) is 82.4 Å². The average Bonchev–Trinajstić information content (AvgIpc) is 3.20. The van der Waals surface area contributed by atoms with Crippen molar-refractivity contribution in [2.24, 2.45) is 7.05 Å². The fourth-order valence-corrected chi connectivity index (χ4v) is 3.56. The van der Waals surface area contributed by atoms with Gasteiger partial charge < -0.3 is 14.8 Å². The second kappa shape index (κ2) is 7.57. The smallest absolute Gasteiger partial charge is 0.348 e. The Morgan fingerprint density at radius 2 is 2.12 bits per heavy atom. The van der Waals surface area contributed by atoms with Gasteiger partial charge in [-0.15, -0.1) is 11.3 Å². The van der Waals surface area contributed by atoms with Gasteiger partial charge in [0.05, 0.1) is 12.8 Å². The Balaban J connectivity index is 1.53. The molecular formula is C18H19N3O4S. The van der Waals surface area contributed by atoms with Crippen LogP contribution in [0.5, 0.6) is 5.75 Å². The van der Waals surface area contributed by atoms with Crippen LogP contribution in [0.3, 0.4) is 0 Å². The lowest BCUT2D eigenvalue weighted by Gasteiger charge is -2.07. The van der Waals surface area contributed by atoms with Crippen LogP contribution in [-0.4, -0.2) is 35.4 Å². The van der Waals surface area contributed by atoms with Gasteiger partial charge >= 0.3 is 5.97 Å². The summed E-state index contributed by atoms with van der Waals surface area (Å²) >= 11 is 1.30. The average molecular weight is 373 g/mol. The number of esters is 1. The molecule has 0 bridgehead atoms. The van der Waals surface area contributed by atoms with Crippen molar-refractivity contribution in [1.29, 1.82) is 0 Å². The maximum Gasteiger partial charge on any atom is 0.348 e. The normalized spacial score (nSPS) is 10.7. The van der Waals surface area contributed by atoms with E-state index in [9.17, 15) is 9.59 Å². The number of hydrogen-bond donors (Lipinski definition) is 1. The largest absolute Gasteiger partial charge is 0.497 e. The highest BCUT2D eigenvalue weighted by molar-refractivity contribution is 7.20. The molecule has 2 heterocycles. The van der Waals surface area contributed by atoms with Gasteiger partial charge in [-0.3, -0.25) is 9.48 Å².